The maximum atomic E-state index is 13.0. The van der Waals surface area contributed by atoms with E-state index < -0.39 is 6.10 Å². The van der Waals surface area contributed by atoms with Crippen LogP contribution in [0.5, 0.6) is 23.0 Å². The maximum absolute atomic E-state index is 13.0. The van der Waals surface area contributed by atoms with Gasteiger partial charge in [0, 0.05) is 11.4 Å². The normalized spacial score (nSPS) is 19.8. The highest BCUT2D eigenvalue weighted by molar-refractivity contribution is 7.10. The van der Waals surface area contributed by atoms with E-state index in [1.807, 2.05) is 64.9 Å². The molecule has 0 spiro atoms. The molecular formula is C22H19NO5S. The number of carbonyl (C=O) groups is 1. The fourth-order valence-corrected chi connectivity index (χ4v) is 4.47. The maximum Gasteiger partial charge on any atom is 0.267 e. The zero-order valence-electron chi connectivity index (χ0n) is 15.7. The van der Waals surface area contributed by atoms with E-state index in [2.05, 4.69) is 0 Å². The lowest BCUT2D eigenvalue weighted by Crippen LogP contribution is -2.60. The van der Waals surface area contributed by atoms with Crippen molar-refractivity contribution < 1.29 is 23.7 Å². The number of nitrogens with zero attached hydrogens (tertiary/aromatic N) is 1. The molecule has 5 rings (SSSR count). The molecule has 7 heteroatoms. The minimum Gasteiger partial charge on any atom is -0.497 e. The van der Waals surface area contributed by atoms with Gasteiger partial charge >= 0.3 is 0 Å². The van der Waals surface area contributed by atoms with Crippen LogP contribution in [-0.2, 0) is 11.3 Å². The van der Waals surface area contributed by atoms with Gasteiger partial charge in [-0.2, -0.15) is 0 Å². The summed E-state index contributed by atoms with van der Waals surface area (Å²) in [5.41, 5.74) is 0.993. The highest BCUT2D eigenvalue weighted by atomic mass is 32.1. The number of methoxy groups -OCH3 is 1. The van der Waals surface area contributed by atoms with Crippen molar-refractivity contribution in [2.45, 2.75) is 18.7 Å². The molecule has 0 radical (unpaired) electrons. The van der Waals surface area contributed by atoms with Crippen molar-refractivity contribution in [3.8, 4) is 23.0 Å². The van der Waals surface area contributed by atoms with Crippen molar-refractivity contribution in [3.05, 3.63) is 70.4 Å². The Morgan fingerprint density at radius 2 is 1.86 bits per heavy atom. The molecule has 3 heterocycles. The molecule has 0 unspecified atom stereocenters. The number of ether oxygens (including phenoxy) is 4. The van der Waals surface area contributed by atoms with Crippen LogP contribution >= 0.6 is 11.3 Å². The van der Waals surface area contributed by atoms with Crippen LogP contribution in [0.4, 0.5) is 0 Å². The fraction of sp³-hybridized carbons (Fsp3) is 0.227. The Bertz CT molecular complexity index is 1020. The molecule has 0 N–H and O–H groups in total. The van der Waals surface area contributed by atoms with Gasteiger partial charge in [-0.3, -0.25) is 4.79 Å². The van der Waals surface area contributed by atoms with Gasteiger partial charge in [0.1, 0.15) is 17.5 Å². The standard InChI is InChI=1S/C22H19NO5S/c1-25-15-5-7-16(8-6-15)28-21-20(19-3-2-10-29-19)23(22(21)24)12-14-4-9-17-18(11-14)27-13-26-17/h2-11,20-21H,12-13H2,1H3/t20-,21+/m0/s1. The number of rotatable bonds is 6. The number of amides is 1. The van der Waals surface area contributed by atoms with E-state index in [1.165, 1.54) is 0 Å². The zero-order valence-corrected chi connectivity index (χ0v) is 16.6. The highest BCUT2D eigenvalue weighted by Crippen LogP contribution is 2.42. The van der Waals surface area contributed by atoms with Crippen LogP contribution in [0.3, 0.4) is 0 Å². The Hall–Kier alpha value is -3.19. The number of thiophene rings is 1. The van der Waals surface area contributed by atoms with Crippen LogP contribution in [0, 0.1) is 0 Å². The highest BCUT2D eigenvalue weighted by Gasteiger charge is 2.50. The lowest BCUT2D eigenvalue weighted by Gasteiger charge is -2.46. The second-order valence-electron chi connectivity index (χ2n) is 6.83. The monoisotopic (exact) mass is 409 g/mol. The summed E-state index contributed by atoms with van der Waals surface area (Å²) in [4.78, 5) is 15.9. The van der Waals surface area contributed by atoms with E-state index in [-0.39, 0.29) is 18.7 Å². The van der Waals surface area contributed by atoms with Gasteiger partial charge in [-0.05, 0) is 53.4 Å². The van der Waals surface area contributed by atoms with Crippen molar-refractivity contribution in [2.24, 2.45) is 0 Å². The number of hydrogen-bond donors (Lipinski definition) is 0. The third-order valence-corrected chi connectivity index (χ3v) is 6.04. The molecule has 3 aromatic rings. The molecule has 2 aromatic carbocycles. The summed E-state index contributed by atoms with van der Waals surface area (Å²) in [5.74, 6) is 2.82. The number of benzene rings is 2. The first kappa shape index (κ1) is 17.9. The van der Waals surface area contributed by atoms with Crippen molar-refractivity contribution in [2.75, 3.05) is 13.9 Å². The van der Waals surface area contributed by atoms with E-state index in [0.29, 0.717) is 18.0 Å². The molecular weight excluding hydrogens is 390 g/mol. The first-order valence-electron chi connectivity index (χ1n) is 9.26. The summed E-state index contributed by atoms with van der Waals surface area (Å²) in [7, 11) is 1.62. The second kappa shape index (κ2) is 7.33. The molecule has 0 aliphatic carbocycles. The fourth-order valence-electron chi connectivity index (χ4n) is 3.61. The molecule has 2 aliphatic rings. The number of fused-ring (bicyclic) bond motifs is 1. The van der Waals surface area contributed by atoms with Crippen LogP contribution in [0.25, 0.3) is 0 Å². The smallest absolute Gasteiger partial charge is 0.267 e. The van der Waals surface area contributed by atoms with E-state index in [9.17, 15) is 4.79 Å². The quantitative estimate of drug-likeness (QED) is 0.576. The van der Waals surface area contributed by atoms with Crippen LogP contribution < -0.4 is 18.9 Å². The SMILES string of the molecule is COc1ccc(O[C@H]2C(=O)N(Cc3ccc4c(c3)OCO4)[C@H]2c2cccs2)cc1. The Labute approximate surface area is 172 Å². The van der Waals surface area contributed by atoms with Crippen molar-refractivity contribution in [1.82, 2.24) is 4.90 Å². The van der Waals surface area contributed by atoms with Gasteiger partial charge < -0.3 is 23.8 Å². The third-order valence-electron chi connectivity index (χ3n) is 5.10. The number of likely N-dealkylation sites (tertiary alicyclic amines) is 1. The summed E-state index contributed by atoms with van der Waals surface area (Å²) in [5, 5.41) is 2.02. The molecule has 0 bridgehead atoms. The largest absolute Gasteiger partial charge is 0.497 e. The molecule has 148 valence electrons. The zero-order chi connectivity index (χ0) is 19.8. The van der Waals surface area contributed by atoms with Crippen LogP contribution in [0.2, 0.25) is 0 Å². The third kappa shape index (κ3) is 3.27. The number of β-lactam (4-membered cyclic amide) rings is 1. The average Bonchev–Trinajstić information content (AvgIpc) is 3.44. The molecule has 6 nitrogen and oxygen atoms in total. The van der Waals surface area contributed by atoms with Gasteiger partial charge in [0.15, 0.2) is 11.5 Å². The first-order valence-corrected chi connectivity index (χ1v) is 10.1. The summed E-state index contributed by atoms with van der Waals surface area (Å²) in [6, 6.07) is 17.0. The summed E-state index contributed by atoms with van der Waals surface area (Å²) < 4.78 is 22.1. The molecule has 1 aromatic heterocycles. The molecule has 1 amide bonds. The number of hydrogen-bond acceptors (Lipinski definition) is 6. The first-order chi connectivity index (χ1) is 14.2. The van der Waals surface area contributed by atoms with Crippen molar-refractivity contribution >= 4 is 17.2 Å². The Morgan fingerprint density at radius 1 is 1.07 bits per heavy atom. The van der Waals surface area contributed by atoms with Gasteiger partial charge in [0.25, 0.3) is 5.91 Å². The van der Waals surface area contributed by atoms with Gasteiger partial charge in [-0.1, -0.05) is 12.1 Å². The Kier molecular flexibility index (Phi) is 4.52. The predicted molar refractivity (Wildman–Crippen MR) is 108 cm³/mol. The molecule has 0 saturated carbocycles. The molecule has 2 aliphatic heterocycles. The summed E-state index contributed by atoms with van der Waals surface area (Å²) in [6.07, 6.45) is -0.545. The Balaban J connectivity index is 1.37. The second-order valence-corrected chi connectivity index (χ2v) is 7.81. The lowest BCUT2D eigenvalue weighted by molar-refractivity contribution is -0.165. The van der Waals surface area contributed by atoms with Crippen LogP contribution in [0.1, 0.15) is 16.5 Å². The van der Waals surface area contributed by atoms with Crippen molar-refractivity contribution in [1.29, 1.82) is 0 Å². The average molecular weight is 409 g/mol. The molecule has 29 heavy (non-hydrogen) atoms. The van der Waals surface area contributed by atoms with Gasteiger partial charge in [-0.15, -0.1) is 11.3 Å². The van der Waals surface area contributed by atoms with Gasteiger partial charge in [0.2, 0.25) is 12.9 Å². The Morgan fingerprint density at radius 3 is 2.62 bits per heavy atom. The van der Waals surface area contributed by atoms with E-state index in [0.717, 1.165) is 21.9 Å². The molecule has 1 fully saturated rings. The minimum atomic E-state index is -0.545. The predicted octanol–water partition coefficient (Wildman–Crippen LogP) is 4.02. The van der Waals surface area contributed by atoms with E-state index in [1.54, 1.807) is 18.4 Å². The van der Waals surface area contributed by atoms with E-state index in [4.69, 9.17) is 18.9 Å². The van der Waals surface area contributed by atoms with Gasteiger partial charge in [-0.25, -0.2) is 0 Å². The minimum absolute atomic E-state index is 0.0307. The van der Waals surface area contributed by atoms with Crippen LogP contribution in [-0.4, -0.2) is 30.8 Å². The van der Waals surface area contributed by atoms with Crippen LogP contribution in [0.15, 0.2) is 60.0 Å². The summed E-state index contributed by atoms with van der Waals surface area (Å²) in [6.45, 7) is 0.720. The summed E-state index contributed by atoms with van der Waals surface area (Å²) >= 11 is 1.63. The topological polar surface area (TPSA) is 57.2 Å². The molecule has 1 saturated heterocycles. The number of carbonyl (C=O) groups excluding carboxylic acids is 1. The molecule has 2 atom stereocenters. The van der Waals surface area contributed by atoms with Crippen molar-refractivity contribution in [3.63, 3.8) is 0 Å². The van der Waals surface area contributed by atoms with Gasteiger partial charge in [0.05, 0.1) is 7.11 Å². The van der Waals surface area contributed by atoms with E-state index >= 15 is 0 Å². The lowest BCUT2D eigenvalue weighted by atomic mass is 9.95.